The number of urea groups is 1. The van der Waals surface area contributed by atoms with Crippen LogP contribution in [0.25, 0.3) is 22.1 Å². The van der Waals surface area contributed by atoms with Crippen molar-refractivity contribution in [3.05, 3.63) is 89.5 Å². The molecule has 0 radical (unpaired) electrons. The molecule has 0 fully saturated rings. The Morgan fingerprint density at radius 3 is 2.60 bits per heavy atom. The molecule has 2 aromatic carbocycles. The first kappa shape index (κ1) is 22.4. The average molecular weight is 492 g/mol. The van der Waals surface area contributed by atoms with Gasteiger partial charge in [-0.1, -0.05) is 17.7 Å². The number of nitrogens with zero attached hydrogens (tertiary/aromatic N) is 7. The summed E-state index contributed by atoms with van der Waals surface area (Å²) in [6.45, 7) is 1.92. The lowest BCUT2D eigenvalue weighted by molar-refractivity contribution is 0.239. The minimum absolute atomic E-state index is 0.0119. The number of nitrogens with one attached hydrogen (secondary N) is 2. The first-order chi connectivity index (χ1) is 17.0. The van der Waals surface area contributed by atoms with Gasteiger partial charge in [0.05, 0.1) is 29.5 Å². The number of fused-ring (bicyclic) bond motifs is 1. The first-order valence-electron chi connectivity index (χ1n) is 10.6. The van der Waals surface area contributed by atoms with Crippen molar-refractivity contribution in [2.75, 3.05) is 0 Å². The van der Waals surface area contributed by atoms with E-state index in [1.165, 1.54) is 23.1 Å². The molecule has 0 unspecified atom stereocenters. The van der Waals surface area contributed by atoms with Crippen LogP contribution in [-0.4, -0.2) is 40.5 Å². The molecule has 0 aliphatic heterocycles. The van der Waals surface area contributed by atoms with Crippen molar-refractivity contribution < 1.29 is 9.18 Å². The molecule has 5 aromatic rings. The van der Waals surface area contributed by atoms with Gasteiger partial charge >= 0.3 is 6.03 Å². The quantitative estimate of drug-likeness (QED) is 0.375. The topological polar surface area (TPSA) is 115 Å². The van der Waals surface area contributed by atoms with Crippen LogP contribution >= 0.6 is 11.6 Å². The summed E-state index contributed by atoms with van der Waals surface area (Å²) in [7, 11) is 0. The molecule has 0 aliphatic carbocycles. The van der Waals surface area contributed by atoms with E-state index in [4.69, 9.17) is 11.6 Å². The van der Waals surface area contributed by atoms with Gasteiger partial charge < -0.3 is 10.6 Å². The molecule has 12 heteroatoms. The van der Waals surface area contributed by atoms with Crippen LogP contribution in [0.3, 0.4) is 0 Å². The van der Waals surface area contributed by atoms with Crippen LogP contribution in [0.2, 0.25) is 5.02 Å². The van der Waals surface area contributed by atoms with Crippen LogP contribution < -0.4 is 10.6 Å². The van der Waals surface area contributed by atoms with Crippen molar-refractivity contribution >= 4 is 28.4 Å². The number of aromatic nitrogens is 7. The van der Waals surface area contributed by atoms with E-state index in [-0.39, 0.29) is 18.1 Å². The van der Waals surface area contributed by atoms with Crippen LogP contribution in [0.5, 0.6) is 0 Å². The molecule has 3 aromatic heterocycles. The van der Waals surface area contributed by atoms with Crippen LogP contribution in [-0.2, 0) is 13.1 Å². The number of pyridine rings is 1. The fourth-order valence-electron chi connectivity index (χ4n) is 3.58. The van der Waals surface area contributed by atoms with E-state index < -0.39 is 11.8 Å². The van der Waals surface area contributed by atoms with Crippen molar-refractivity contribution in [1.82, 2.24) is 45.1 Å². The Morgan fingerprint density at radius 1 is 1.00 bits per heavy atom. The molecule has 35 heavy (non-hydrogen) atoms. The lowest BCUT2D eigenvalue weighted by Crippen LogP contribution is -2.36. The van der Waals surface area contributed by atoms with E-state index in [2.05, 4.69) is 35.8 Å². The maximum absolute atomic E-state index is 13.9. The number of rotatable bonds is 6. The lowest BCUT2D eigenvalue weighted by Gasteiger charge is -2.10. The van der Waals surface area contributed by atoms with Crippen molar-refractivity contribution in [1.29, 1.82) is 0 Å². The molecule has 2 N–H and O–H groups in total. The van der Waals surface area contributed by atoms with Gasteiger partial charge in [0.2, 0.25) is 0 Å². The third-order valence-electron chi connectivity index (χ3n) is 5.23. The number of halogens is 2. The third kappa shape index (κ3) is 4.80. The van der Waals surface area contributed by atoms with Crippen molar-refractivity contribution in [3.8, 4) is 11.4 Å². The summed E-state index contributed by atoms with van der Waals surface area (Å²) >= 11 is 5.77. The van der Waals surface area contributed by atoms with Gasteiger partial charge in [-0.15, -0.1) is 0 Å². The first-order valence-corrected chi connectivity index (χ1v) is 11.0. The number of hydrogen-bond donors (Lipinski definition) is 2. The van der Waals surface area contributed by atoms with Crippen molar-refractivity contribution in [2.24, 2.45) is 0 Å². The smallest absolute Gasteiger partial charge is 0.315 e. The number of amides is 2. The lowest BCUT2D eigenvalue weighted by atomic mass is 10.1. The zero-order valence-electron chi connectivity index (χ0n) is 18.5. The highest BCUT2D eigenvalue weighted by atomic mass is 35.5. The van der Waals surface area contributed by atoms with Gasteiger partial charge in [0.25, 0.3) is 0 Å². The SMILES string of the molecule is Cc1nc(CNC(=O)NCc2ncnn2-c2ccc3ccncc3c2)n(-c2ccc(Cl)c(F)c2)n1. The maximum Gasteiger partial charge on any atom is 0.315 e. The molecule has 176 valence electrons. The van der Waals surface area contributed by atoms with Crippen LogP contribution in [0.1, 0.15) is 17.5 Å². The van der Waals surface area contributed by atoms with Crippen molar-refractivity contribution in [2.45, 2.75) is 20.0 Å². The van der Waals surface area contributed by atoms with Crippen LogP contribution in [0.4, 0.5) is 9.18 Å². The summed E-state index contributed by atoms with van der Waals surface area (Å²) in [5.74, 6) is 0.906. The summed E-state index contributed by atoms with van der Waals surface area (Å²) in [5.41, 5.74) is 1.25. The molecule has 5 rings (SSSR count). The van der Waals surface area contributed by atoms with E-state index in [1.54, 1.807) is 30.1 Å². The Balaban J connectivity index is 1.24. The average Bonchev–Trinajstić information content (AvgIpc) is 3.49. The van der Waals surface area contributed by atoms with Gasteiger partial charge in [-0.2, -0.15) is 10.2 Å². The van der Waals surface area contributed by atoms with Gasteiger partial charge in [-0.3, -0.25) is 4.98 Å². The third-order valence-corrected chi connectivity index (χ3v) is 5.54. The molecule has 0 saturated carbocycles. The zero-order valence-corrected chi connectivity index (χ0v) is 19.2. The Hall–Kier alpha value is -4.38. The Bertz CT molecular complexity index is 1530. The number of carbonyl (C=O) groups excluding carboxylic acids is 1. The highest BCUT2D eigenvalue weighted by Crippen LogP contribution is 2.19. The van der Waals surface area contributed by atoms with E-state index in [1.807, 2.05) is 24.3 Å². The van der Waals surface area contributed by atoms with Gasteiger partial charge in [0, 0.05) is 23.8 Å². The van der Waals surface area contributed by atoms with Gasteiger partial charge in [-0.25, -0.2) is 28.5 Å². The normalized spacial score (nSPS) is 11.1. The number of hydrogen-bond acceptors (Lipinski definition) is 6. The zero-order chi connectivity index (χ0) is 24.4. The van der Waals surface area contributed by atoms with Gasteiger partial charge in [0.15, 0.2) is 11.6 Å². The molecule has 0 saturated heterocycles. The minimum Gasteiger partial charge on any atom is -0.331 e. The fraction of sp³-hybridized carbons (Fsp3) is 0.130. The molecule has 0 bridgehead atoms. The summed E-state index contributed by atoms with van der Waals surface area (Å²) in [4.78, 5) is 25.2. The second kappa shape index (κ2) is 9.47. The van der Waals surface area contributed by atoms with E-state index in [9.17, 15) is 9.18 Å². The molecule has 2 amide bonds. The predicted molar refractivity (Wildman–Crippen MR) is 127 cm³/mol. The van der Waals surface area contributed by atoms with Crippen LogP contribution in [0, 0.1) is 12.7 Å². The van der Waals surface area contributed by atoms with E-state index >= 15 is 0 Å². The minimum atomic E-state index is -0.569. The van der Waals surface area contributed by atoms with Gasteiger partial charge in [-0.05, 0) is 42.6 Å². The summed E-state index contributed by atoms with van der Waals surface area (Å²) in [5, 5.41) is 16.1. The molecule has 10 nitrogen and oxygen atoms in total. The summed E-state index contributed by atoms with van der Waals surface area (Å²) in [6.07, 6.45) is 4.95. The Morgan fingerprint density at radius 2 is 1.77 bits per heavy atom. The Kier molecular flexibility index (Phi) is 6.06. The standard InChI is InChI=1S/C23H19ClFN9O/c1-14-31-22(34(32-14)18-4-5-19(24)20(25)9-18)12-28-23(35)27-11-21-29-13-30-33(21)17-3-2-15-6-7-26-10-16(15)8-17/h2-10,13H,11-12H2,1H3,(H2,27,28,35). The Labute approximate surface area is 203 Å². The molecule has 0 aliphatic rings. The molecule has 0 atom stereocenters. The largest absolute Gasteiger partial charge is 0.331 e. The second-order valence-electron chi connectivity index (χ2n) is 7.62. The highest BCUT2D eigenvalue weighted by Gasteiger charge is 2.14. The predicted octanol–water partition coefficient (Wildman–Crippen LogP) is 3.50. The van der Waals surface area contributed by atoms with E-state index in [0.29, 0.717) is 23.2 Å². The summed E-state index contributed by atoms with van der Waals surface area (Å²) < 4.78 is 17.0. The molecule has 3 heterocycles. The van der Waals surface area contributed by atoms with Crippen molar-refractivity contribution in [3.63, 3.8) is 0 Å². The molecular weight excluding hydrogens is 473 g/mol. The summed E-state index contributed by atoms with van der Waals surface area (Å²) in [6, 6.07) is 11.7. The number of carbonyl (C=O) groups is 1. The maximum atomic E-state index is 13.9. The van der Waals surface area contributed by atoms with Crippen LogP contribution in [0.15, 0.2) is 61.2 Å². The highest BCUT2D eigenvalue weighted by molar-refractivity contribution is 6.30. The molecule has 0 spiro atoms. The second-order valence-corrected chi connectivity index (χ2v) is 8.02. The fourth-order valence-corrected chi connectivity index (χ4v) is 3.70. The van der Waals surface area contributed by atoms with Gasteiger partial charge in [0.1, 0.15) is 18.0 Å². The molecular formula is C23H19ClFN9O. The van der Waals surface area contributed by atoms with E-state index in [0.717, 1.165) is 16.5 Å². The number of benzene rings is 2. The monoisotopic (exact) mass is 491 g/mol. The number of aryl methyl sites for hydroxylation is 1.